The third-order valence-electron chi connectivity index (χ3n) is 6.72. The maximum Gasteiger partial charge on any atom is 0.320 e. The zero-order valence-corrected chi connectivity index (χ0v) is 22.5. The average molecular weight is 541 g/mol. The topological polar surface area (TPSA) is 70.2 Å². The molecule has 2 heterocycles. The molecule has 10 heteroatoms. The fourth-order valence-corrected chi connectivity index (χ4v) is 6.08. The van der Waals surface area contributed by atoms with E-state index in [0.29, 0.717) is 55.9 Å². The molecule has 2 aromatic rings. The van der Waals surface area contributed by atoms with Gasteiger partial charge in [0.25, 0.3) is 0 Å². The second-order valence-corrected chi connectivity index (χ2v) is 12.3. The molecule has 2 saturated heterocycles. The average Bonchev–Trinajstić information content (AvgIpc) is 3.22. The van der Waals surface area contributed by atoms with E-state index in [-0.39, 0.29) is 17.9 Å². The van der Waals surface area contributed by atoms with Crippen LogP contribution in [0.2, 0.25) is 10.0 Å². The minimum Gasteiger partial charge on any atom is -0.493 e. The Morgan fingerprint density at radius 3 is 2.20 bits per heavy atom. The SMILES string of the molecule is Cc1cc(C)cc(OCC2CN(C(=O)N3CCN(S(C)(=O)=O)CC3)CC2c2ccc(Cl)c(Cl)c2)c1. The van der Waals surface area contributed by atoms with Gasteiger partial charge in [0.05, 0.1) is 22.9 Å². The number of halogens is 2. The largest absolute Gasteiger partial charge is 0.493 e. The van der Waals surface area contributed by atoms with Crippen LogP contribution in [0.25, 0.3) is 0 Å². The van der Waals surface area contributed by atoms with Crippen molar-refractivity contribution in [1.82, 2.24) is 14.1 Å². The number of hydrogen-bond donors (Lipinski definition) is 0. The second-order valence-electron chi connectivity index (χ2n) is 9.51. The summed E-state index contributed by atoms with van der Waals surface area (Å²) >= 11 is 12.5. The van der Waals surface area contributed by atoms with Crippen LogP contribution in [0.4, 0.5) is 4.79 Å². The molecule has 0 saturated carbocycles. The van der Waals surface area contributed by atoms with Crippen LogP contribution in [0.15, 0.2) is 36.4 Å². The van der Waals surface area contributed by atoms with Gasteiger partial charge in [-0.3, -0.25) is 0 Å². The van der Waals surface area contributed by atoms with Crippen molar-refractivity contribution in [2.24, 2.45) is 5.92 Å². The molecule has 7 nitrogen and oxygen atoms in total. The summed E-state index contributed by atoms with van der Waals surface area (Å²) in [5, 5.41) is 0.980. The number of hydrogen-bond acceptors (Lipinski definition) is 4. The fraction of sp³-hybridized carbons (Fsp3) is 0.480. The lowest BCUT2D eigenvalue weighted by Gasteiger charge is -2.35. The summed E-state index contributed by atoms with van der Waals surface area (Å²) in [7, 11) is -3.25. The molecule has 2 aliphatic rings. The molecule has 2 unspecified atom stereocenters. The lowest BCUT2D eigenvalue weighted by molar-refractivity contribution is 0.139. The molecule has 2 atom stereocenters. The Bertz CT molecular complexity index is 1180. The van der Waals surface area contributed by atoms with Crippen LogP contribution in [0, 0.1) is 19.8 Å². The highest BCUT2D eigenvalue weighted by molar-refractivity contribution is 7.88. The van der Waals surface area contributed by atoms with Gasteiger partial charge in [0.2, 0.25) is 10.0 Å². The highest BCUT2D eigenvalue weighted by atomic mass is 35.5. The van der Waals surface area contributed by atoms with Gasteiger partial charge in [-0.1, -0.05) is 35.3 Å². The minimum atomic E-state index is -3.25. The van der Waals surface area contributed by atoms with E-state index >= 15 is 0 Å². The first-order chi connectivity index (χ1) is 16.5. The number of urea groups is 1. The first-order valence-electron chi connectivity index (χ1n) is 11.7. The van der Waals surface area contributed by atoms with Gasteiger partial charge >= 0.3 is 6.03 Å². The standard InChI is InChI=1S/C25H31Cl2N3O4S/c1-17-10-18(2)12-21(11-17)34-16-20-14-29(15-22(20)19-4-5-23(26)24(27)13-19)25(31)28-6-8-30(9-7-28)35(3,32)33/h4-5,10-13,20,22H,6-9,14-16H2,1-3H3. The number of carbonyl (C=O) groups excluding carboxylic acids is 1. The maximum atomic E-state index is 13.4. The molecule has 0 aromatic heterocycles. The zero-order chi connectivity index (χ0) is 25.3. The quantitative estimate of drug-likeness (QED) is 0.564. The van der Waals surface area contributed by atoms with E-state index in [9.17, 15) is 13.2 Å². The highest BCUT2D eigenvalue weighted by Gasteiger charge is 2.39. The fourth-order valence-electron chi connectivity index (χ4n) is 4.95. The molecule has 0 aliphatic carbocycles. The van der Waals surface area contributed by atoms with E-state index in [2.05, 4.69) is 6.07 Å². The van der Waals surface area contributed by atoms with Crippen LogP contribution >= 0.6 is 23.2 Å². The van der Waals surface area contributed by atoms with E-state index in [0.717, 1.165) is 22.4 Å². The Morgan fingerprint density at radius 1 is 0.943 bits per heavy atom. The van der Waals surface area contributed by atoms with E-state index < -0.39 is 10.0 Å². The summed E-state index contributed by atoms with van der Waals surface area (Å²) in [6, 6.07) is 11.7. The van der Waals surface area contributed by atoms with Crippen LogP contribution < -0.4 is 4.74 Å². The summed E-state index contributed by atoms with van der Waals surface area (Å²) in [5.41, 5.74) is 3.29. The summed E-state index contributed by atoms with van der Waals surface area (Å²) in [6.07, 6.45) is 1.20. The highest BCUT2D eigenvalue weighted by Crippen LogP contribution is 2.36. The lowest BCUT2D eigenvalue weighted by atomic mass is 9.89. The first kappa shape index (κ1) is 26.1. The van der Waals surface area contributed by atoms with Crippen molar-refractivity contribution in [3.8, 4) is 5.75 Å². The molecule has 2 aromatic carbocycles. The number of likely N-dealkylation sites (tertiary alicyclic amines) is 1. The van der Waals surface area contributed by atoms with Gasteiger partial charge in [0, 0.05) is 51.1 Å². The predicted molar refractivity (Wildman–Crippen MR) is 139 cm³/mol. The van der Waals surface area contributed by atoms with Crippen LogP contribution in [0.3, 0.4) is 0 Å². The van der Waals surface area contributed by atoms with E-state index in [4.69, 9.17) is 27.9 Å². The van der Waals surface area contributed by atoms with Gasteiger partial charge < -0.3 is 14.5 Å². The van der Waals surface area contributed by atoms with E-state index in [1.807, 2.05) is 43.0 Å². The monoisotopic (exact) mass is 539 g/mol. The van der Waals surface area contributed by atoms with Crippen molar-refractivity contribution in [2.75, 3.05) is 52.1 Å². The Balaban J connectivity index is 1.49. The number of amides is 2. The van der Waals surface area contributed by atoms with Gasteiger partial charge in [0.15, 0.2) is 0 Å². The van der Waals surface area contributed by atoms with Crippen molar-refractivity contribution in [3.63, 3.8) is 0 Å². The predicted octanol–water partition coefficient (Wildman–Crippen LogP) is 4.40. The molecule has 190 valence electrons. The lowest BCUT2D eigenvalue weighted by Crippen LogP contribution is -2.53. The summed E-state index contributed by atoms with van der Waals surface area (Å²) in [5.74, 6) is 0.920. The molecular formula is C25H31Cl2N3O4S. The van der Waals surface area contributed by atoms with E-state index in [1.165, 1.54) is 10.6 Å². The number of sulfonamides is 1. The van der Waals surface area contributed by atoms with Crippen molar-refractivity contribution in [1.29, 1.82) is 0 Å². The number of aryl methyl sites for hydroxylation is 2. The molecule has 0 N–H and O–H groups in total. The Morgan fingerprint density at radius 2 is 1.60 bits per heavy atom. The number of rotatable bonds is 5. The smallest absolute Gasteiger partial charge is 0.320 e. The Labute approximate surface area is 217 Å². The second kappa shape index (κ2) is 10.5. The molecule has 0 spiro atoms. The summed E-state index contributed by atoms with van der Waals surface area (Å²) < 4.78 is 31.3. The number of benzene rings is 2. The third-order valence-corrected chi connectivity index (χ3v) is 8.76. The summed E-state index contributed by atoms with van der Waals surface area (Å²) in [4.78, 5) is 16.9. The zero-order valence-electron chi connectivity index (χ0n) is 20.2. The first-order valence-corrected chi connectivity index (χ1v) is 14.3. The van der Waals surface area contributed by atoms with Crippen LogP contribution in [0.1, 0.15) is 22.6 Å². The molecule has 2 amide bonds. The van der Waals surface area contributed by atoms with Crippen LogP contribution in [-0.2, 0) is 10.0 Å². The van der Waals surface area contributed by atoms with Gasteiger partial charge in [-0.25, -0.2) is 13.2 Å². The van der Waals surface area contributed by atoms with Crippen molar-refractivity contribution in [2.45, 2.75) is 19.8 Å². The number of nitrogens with zero attached hydrogens (tertiary/aromatic N) is 3. The van der Waals surface area contributed by atoms with Crippen LogP contribution in [0.5, 0.6) is 5.75 Å². The third kappa shape index (κ3) is 6.23. The van der Waals surface area contributed by atoms with Gasteiger partial charge in [-0.15, -0.1) is 0 Å². The van der Waals surface area contributed by atoms with Crippen molar-refractivity contribution >= 4 is 39.3 Å². The minimum absolute atomic E-state index is 0.0388. The summed E-state index contributed by atoms with van der Waals surface area (Å²) in [6.45, 7) is 6.99. The van der Waals surface area contributed by atoms with Crippen molar-refractivity contribution < 1.29 is 17.9 Å². The van der Waals surface area contributed by atoms with Gasteiger partial charge in [-0.2, -0.15) is 4.31 Å². The van der Waals surface area contributed by atoms with Gasteiger partial charge in [0.1, 0.15) is 5.75 Å². The van der Waals surface area contributed by atoms with Gasteiger partial charge in [-0.05, 0) is 54.8 Å². The van der Waals surface area contributed by atoms with E-state index in [1.54, 1.807) is 11.0 Å². The molecule has 35 heavy (non-hydrogen) atoms. The molecule has 0 bridgehead atoms. The number of piperazine rings is 1. The Hall–Kier alpha value is -2.00. The normalized spacial score (nSPS) is 21.4. The molecule has 4 rings (SSSR count). The number of ether oxygens (including phenoxy) is 1. The molecule has 2 aliphatic heterocycles. The van der Waals surface area contributed by atoms with Crippen molar-refractivity contribution in [3.05, 3.63) is 63.1 Å². The molecular weight excluding hydrogens is 509 g/mol. The number of carbonyl (C=O) groups is 1. The van der Waals surface area contributed by atoms with Crippen LogP contribution in [-0.4, -0.2) is 80.7 Å². The molecule has 2 fully saturated rings. The maximum absolute atomic E-state index is 13.4. The molecule has 0 radical (unpaired) electrons. The Kier molecular flexibility index (Phi) is 7.86.